The van der Waals surface area contributed by atoms with Gasteiger partial charge in [-0.2, -0.15) is 5.10 Å². The second kappa shape index (κ2) is 7.98. The highest BCUT2D eigenvalue weighted by molar-refractivity contribution is 5.83. The van der Waals surface area contributed by atoms with Crippen LogP contribution in [-0.2, 0) is 7.05 Å². The summed E-state index contributed by atoms with van der Waals surface area (Å²) >= 11 is 0. The Hall–Kier alpha value is -3.93. The molecule has 6 nitrogen and oxygen atoms in total. The molecule has 6 heteroatoms. The molecule has 29 heavy (non-hydrogen) atoms. The summed E-state index contributed by atoms with van der Waals surface area (Å²) in [6, 6.07) is 22.3. The third-order valence-corrected chi connectivity index (χ3v) is 4.46. The lowest BCUT2D eigenvalue weighted by Gasteiger charge is -2.15. The zero-order valence-electron chi connectivity index (χ0n) is 16.1. The minimum Gasteiger partial charge on any atom is -0.481 e. The summed E-state index contributed by atoms with van der Waals surface area (Å²) in [5, 5.41) is 4.54. The standard InChI is InChI=1S/C23H19N3O3/c1-26-22(27)15-19(16-12-13-24-21(14-16)28-2)23(25-26)18-10-6-7-11-20(18)29-17-8-4-3-5-9-17/h3-15H,1-2H3. The van der Waals surface area contributed by atoms with Crippen molar-refractivity contribution in [3.05, 3.63) is 89.3 Å². The van der Waals surface area contributed by atoms with Crippen molar-refractivity contribution in [1.82, 2.24) is 14.8 Å². The number of aryl methyl sites for hydroxylation is 1. The topological polar surface area (TPSA) is 66.2 Å². The van der Waals surface area contributed by atoms with Gasteiger partial charge in [-0.3, -0.25) is 4.79 Å². The number of rotatable bonds is 5. The van der Waals surface area contributed by atoms with Gasteiger partial charge in [-0.05, 0) is 35.9 Å². The largest absolute Gasteiger partial charge is 0.481 e. The van der Waals surface area contributed by atoms with E-state index in [4.69, 9.17) is 9.47 Å². The van der Waals surface area contributed by atoms with E-state index in [-0.39, 0.29) is 5.56 Å². The monoisotopic (exact) mass is 385 g/mol. The zero-order chi connectivity index (χ0) is 20.2. The molecule has 0 fully saturated rings. The first-order valence-corrected chi connectivity index (χ1v) is 9.07. The van der Waals surface area contributed by atoms with Gasteiger partial charge in [0, 0.05) is 36.5 Å². The van der Waals surface area contributed by atoms with Gasteiger partial charge in [-0.15, -0.1) is 0 Å². The lowest BCUT2D eigenvalue weighted by molar-refractivity contribution is 0.398. The van der Waals surface area contributed by atoms with Crippen molar-refractivity contribution in [3.8, 4) is 39.8 Å². The average Bonchev–Trinajstić information content (AvgIpc) is 2.76. The van der Waals surface area contributed by atoms with E-state index in [1.54, 1.807) is 32.5 Å². The van der Waals surface area contributed by atoms with E-state index in [1.807, 2.05) is 60.7 Å². The van der Waals surface area contributed by atoms with E-state index in [9.17, 15) is 4.79 Å². The average molecular weight is 385 g/mol. The molecule has 0 saturated carbocycles. The van der Waals surface area contributed by atoms with Crippen LogP contribution in [0.25, 0.3) is 22.4 Å². The van der Waals surface area contributed by atoms with Crippen molar-refractivity contribution < 1.29 is 9.47 Å². The fraction of sp³-hybridized carbons (Fsp3) is 0.0870. The fourth-order valence-corrected chi connectivity index (χ4v) is 3.01. The summed E-state index contributed by atoms with van der Waals surface area (Å²) in [4.78, 5) is 16.5. The number of benzene rings is 2. The molecule has 144 valence electrons. The summed E-state index contributed by atoms with van der Waals surface area (Å²) in [7, 11) is 3.18. The molecule has 0 aliphatic carbocycles. The number of aromatic nitrogens is 3. The van der Waals surface area contributed by atoms with Gasteiger partial charge >= 0.3 is 0 Å². The molecule has 2 aromatic heterocycles. The number of hydrogen-bond donors (Lipinski definition) is 0. The minimum atomic E-state index is -0.207. The summed E-state index contributed by atoms with van der Waals surface area (Å²) < 4.78 is 12.7. The van der Waals surface area contributed by atoms with Gasteiger partial charge in [0.2, 0.25) is 5.88 Å². The molecule has 0 aliphatic rings. The summed E-state index contributed by atoms with van der Waals surface area (Å²) in [6.07, 6.45) is 1.64. The molecule has 0 spiro atoms. The maximum absolute atomic E-state index is 12.3. The predicted octanol–water partition coefficient (Wildman–Crippen LogP) is 4.31. The Kier molecular flexibility index (Phi) is 5.07. The molecule has 0 unspecified atom stereocenters. The Morgan fingerprint density at radius 3 is 2.45 bits per heavy atom. The quantitative estimate of drug-likeness (QED) is 0.512. The Morgan fingerprint density at radius 2 is 1.66 bits per heavy atom. The second-order valence-electron chi connectivity index (χ2n) is 6.37. The third kappa shape index (κ3) is 3.87. The van der Waals surface area contributed by atoms with Crippen LogP contribution < -0.4 is 15.0 Å². The fourth-order valence-electron chi connectivity index (χ4n) is 3.01. The van der Waals surface area contributed by atoms with Crippen LogP contribution in [-0.4, -0.2) is 21.9 Å². The van der Waals surface area contributed by atoms with Crippen LogP contribution in [0.5, 0.6) is 17.4 Å². The van der Waals surface area contributed by atoms with Crippen molar-refractivity contribution >= 4 is 0 Å². The highest BCUT2D eigenvalue weighted by Gasteiger charge is 2.17. The molecule has 2 heterocycles. The molecule has 0 bridgehead atoms. The van der Waals surface area contributed by atoms with Gasteiger partial charge in [-0.25, -0.2) is 9.67 Å². The first-order chi connectivity index (χ1) is 14.2. The molecule has 2 aromatic carbocycles. The van der Waals surface area contributed by atoms with E-state index in [0.29, 0.717) is 22.9 Å². The van der Waals surface area contributed by atoms with Gasteiger partial charge in [-0.1, -0.05) is 30.3 Å². The molecule has 0 aliphatic heterocycles. The van der Waals surface area contributed by atoms with Crippen molar-refractivity contribution in [2.24, 2.45) is 7.05 Å². The van der Waals surface area contributed by atoms with E-state index in [1.165, 1.54) is 4.68 Å². The van der Waals surface area contributed by atoms with Crippen LogP contribution in [0.1, 0.15) is 0 Å². The van der Waals surface area contributed by atoms with Gasteiger partial charge in [0.25, 0.3) is 5.56 Å². The highest BCUT2D eigenvalue weighted by Crippen LogP contribution is 2.37. The maximum Gasteiger partial charge on any atom is 0.267 e. The van der Waals surface area contributed by atoms with Gasteiger partial charge in [0.1, 0.15) is 17.2 Å². The number of methoxy groups -OCH3 is 1. The van der Waals surface area contributed by atoms with Crippen molar-refractivity contribution in [2.75, 3.05) is 7.11 Å². The molecular weight excluding hydrogens is 366 g/mol. The molecule has 0 N–H and O–H groups in total. The first kappa shape index (κ1) is 18.4. The number of pyridine rings is 1. The summed E-state index contributed by atoms with van der Waals surface area (Å²) in [6.45, 7) is 0. The molecule has 0 saturated heterocycles. The van der Waals surface area contributed by atoms with Gasteiger partial charge < -0.3 is 9.47 Å². The van der Waals surface area contributed by atoms with Crippen molar-refractivity contribution in [2.45, 2.75) is 0 Å². The molecule has 0 radical (unpaired) electrons. The normalized spacial score (nSPS) is 10.6. The molecule has 0 amide bonds. The maximum atomic E-state index is 12.3. The Labute approximate surface area is 168 Å². The van der Waals surface area contributed by atoms with Crippen LogP contribution >= 0.6 is 0 Å². The third-order valence-electron chi connectivity index (χ3n) is 4.46. The Bertz CT molecular complexity index is 1200. The lowest BCUT2D eigenvalue weighted by atomic mass is 10.00. The molecule has 4 rings (SSSR count). The Morgan fingerprint density at radius 1 is 0.897 bits per heavy atom. The van der Waals surface area contributed by atoms with E-state index < -0.39 is 0 Å². The van der Waals surface area contributed by atoms with Crippen LogP contribution in [0.15, 0.2) is 83.8 Å². The Balaban J connectivity index is 1.90. The zero-order valence-corrected chi connectivity index (χ0v) is 16.1. The number of nitrogens with zero attached hydrogens (tertiary/aromatic N) is 3. The number of para-hydroxylation sites is 2. The SMILES string of the molecule is COc1cc(-c2cc(=O)n(C)nc2-c2ccccc2Oc2ccccc2)ccn1. The van der Waals surface area contributed by atoms with Crippen molar-refractivity contribution in [1.29, 1.82) is 0 Å². The van der Waals surface area contributed by atoms with E-state index >= 15 is 0 Å². The number of ether oxygens (including phenoxy) is 2. The second-order valence-corrected chi connectivity index (χ2v) is 6.37. The lowest BCUT2D eigenvalue weighted by Crippen LogP contribution is -2.19. The first-order valence-electron chi connectivity index (χ1n) is 9.07. The predicted molar refractivity (Wildman–Crippen MR) is 111 cm³/mol. The smallest absolute Gasteiger partial charge is 0.267 e. The molecular formula is C23H19N3O3. The van der Waals surface area contributed by atoms with Crippen molar-refractivity contribution in [3.63, 3.8) is 0 Å². The molecule has 4 aromatic rings. The van der Waals surface area contributed by atoms with Crippen LogP contribution in [0.3, 0.4) is 0 Å². The van der Waals surface area contributed by atoms with Crippen LogP contribution in [0.2, 0.25) is 0 Å². The van der Waals surface area contributed by atoms with Crippen LogP contribution in [0, 0.1) is 0 Å². The van der Waals surface area contributed by atoms with Gasteiger partial charge in [0.05, 0.1) is 7.11 Å². The molecule has 0 atom stereocenters. The summed E-state index contributed by atoms with van der Waals surface area (Å²) in [5.74, 6) is 1.83. The van der Waals surface area contributed by atoms with E-state index in [0.717, 1.165) is 16.9 Å². The van der Waals surface area contributed by atoms with Crippen LogP contribution in [0.4, 0.5) is 0 Å². The summed E-state index contributed by atoms with van der Waals surface area (Å²) in [5.41, 5.74) is 2.66. The van der Waals surface area contributed by atoms with E-state index in [2.05, 4.69) is 10.1 Å². The van der Waals surface area contributed by atoms with Gasteiger partial charge in [0.15, 0.2) is 0 Å². The number of hydrogen-bond acceptors (Lipinski definition) is 5. The minimum absolute atomic E-state index is 0.207. The highest BCUT2D eigenvalue weighted by atomic mass is 16.5.